The van der Waals surface area contributed by atoms with Gasteiger partial charge in [-0.1, -0.05) is 48.0 Å². The molecule has 5 nitrogen and oxygen atoms in total. The Labute approximate surface area is 161 Å². The highest BCUT2D eigenvalue weighted by molar-refractivity contribution is 6.30. The average Bonchev–Trinajstić information content (AvgIpc) is 2.84. The Morgan fingerprint density at radius 3 is 2.81 bits per heavy atom. The summed E-state index contributed by atoms with van der Waals surface area (Å²) in [5.41, 5.74) is 2.73. The first kappa shape index (κ1) is 17.1. The van der Waals surface area contributed by atoms with E-state index < -0.39 is 0 Å². The summed E-state index contributed by atoms with van der Waals surface area (Å²) < 4.78 is 0. The summed E-state index contributed by atoms with van der Waals surface area (Å²) in [6, 6.07) is 15.0. The van der Waals surface area contributed by atoms with Crippen molar-refractivity contribution in [3.05, 3.63) is 88.6 Å². The van der Waals surface area contributed by atoms with E-state index in [0.29, 0.717) is 23.4 Å². The average molecular weight is 375 g/mol. The van der Waals surface area contributed by atoms with Gasteiger partial charge in [-0.3, -0.25) is 4.79 Å². The molecule has 4 rings (SSSR count). The Hall–Kier alpha value is -3.31. The van der Waals surface area contributed by atoms with Crippen molar-refractivity contribution in [3.8, 4) is 0 Å². The Morgan fingerprint density at radius 2 is 1.96 bits per heavy atom. The molecular formula is C21H15ClN4O. The molecule has 0 fully saturated rings. The molecule has 0 atom stereocenters. The number of carbonyl (C=O) groups excluding carboxylic acids is 1. The van der Waals surface area contributed by atoms with Crippen LogP contribution in [-0.2, 0) is 11.3 Å². The summed E-state index contributed by atoms with van der Waals surface area (Å²) in [7, 11) is 0. The van der Waals surface area contributed by atoms with Gasteiger partial charge in [0.25, 0.3) is 5.91 Å². The van der Waals surface area contributed by atoms with E-state index in [0.717, 1.165) is 16.7 Å². The van der Waals surface area contributed by atoms with Crippen LogP contribution in [0.4, 0.5) is 0 Å². The number of hydrogen-bond acceptors (Lipinski definition) is 3. The minimum absolute atomic E-state index is 0.362. The van der Waals surface area contributed by atoms with Crippen LogP contribution >= 0.6 is 11.6 Å². The van der Waals surface area contributed by atoms with Crippen molar-refractivity contribution >= 4 is 41.6 Å². The van der Waals surface area contributed by atoms with Crippen LogP contribution in [0, 0.1) is 0 Å². The van der Waals surface area contributed by atoms with E-state index in [-0.39, 0.29) is 5.91 Å². The van der Waals surface area contributed by atoms with Crippen LogP contribution in [0.25, 0.3) is 6.08 Å². The van der Waals surface area contributed by atoms with Crippen LogP contribution in [0.1, 0.15) is 16.7 Å². The lowest BCUT2D eigenvalue weighted by Gasteiger charge is -2.19. The molecule has 2 aliphatic rings. The maximum atomic E-state index is 12.4. The second-order valence-corrected chi connectivity index (χ2v) is 6.41. The van der Waals surface area contributed by atoms with Crippen molar-refractivity contribution in [2.75, 3.05) is 0 Å². The van der Waals surface area contributed by atoms with Gasteiger partial charge in [0.1, 0.15) is 0 Å². The zero-order valence-corrected chi connectivity index (χ0v) is 15.0. The van der Waals surface area contributed by atoms with Crippen molar-refractivity contribution in [1.82, 2.24) is 4.90 Å². The van der Waals surface area contributed by atoms with Crippen molar-refractivity contribution in [1.29, 1.82) is 0 Å². The molecule has 2 aromatic rings. The lowest BCUT2D eigenvalue weighted by Crippen LogP contribution is -2.24. The minimum atomic E-state index is -0.386. The fourth-order valence-electron chi connectivity index (χ4n) is 2.79. The molecule has 0 unspecified atom stereocenters. The van der Waals surface area contributed by atoms with Gasteiger partial charge in [-0.25, -0.2) is 4.99 Å². The molecule has 27 heavy (non-hydrogen) atoms. The molecule has 0 spiro atoms. The zero-order chi connectivity index (χ0) is 18.6. The van der Waals surface area contributed by atoms with Gasteiger partial charge >= 0.3 is 0 Å². The molecule has 0 saturated heterocycles. The number of hydrogen-bond donors (Lipinski definition) is 0. The second kappa shape index (κ2) is 7.51. The van der Waals surface area contributed by atoms with Crippen molar-refractivity contribution in [3.63, 3.8) is 0 Å². The number of rotatable bonds is 2. The summed E-state index contributed by atoms with van der Waals surface area (Å²) in [6.45, 7) is 0.622. The molecule has 2 heterocycles. The van der Waals surface area contributed by atoms with Gasteiger partial charge in [0.2, 0.25) is 5.96 Å². The minimum Gasteiger partial charge on any atom is -0.313 e. The van der Waals surface area contributed by atoms with Gasteiger partial charge < -0.3 is 4.90 Å². The fraction of sp³-hybridized carbons (Fsp3) is 0.0476. The standard InChI is InChI=1S/C21H15ClN4O/c22-17-9-6-15(7-10-17)8-11-19(27)24-20-18-5-2-1-4-16(18)14-26-13-3-12-23-21(26)25-20/h1-13H,14H2/b11-8+,24-20?. The quantitative estimate of drug-likeness (QED) is 0.743. The van der Waals surface area contributed by atoms with E-state index in [9.17, 15) is 4.79 Å². The predicted molar refractivity (Wildman–Crippen MR) is 109 cm³/mol. The first-order chi connectivity index (χ1) is 13.2. The third-order valence-corrected chi connectivity index (χ3v) is 4.36. The normalized spacial score (nSPS) is 16.9. The van der Waals surface area contributed by atoms with Crippen LogP contribution in [0.3, 0.4) is 0 Å². The van der Waals surface area contributed by atoms with Crippen molar-refractivity contribution in [2.45, 2.75) is 6.54 Å². The number of halogens is 1. The van der Waals surface area contributed by atoms with Gasteiger partial charge in [-0.05, 0) is 35.4 Å². The van der Waals surface area contributed by atoms with Crippen LogP contribution in [0.2, 0.25) is 5.02 Å². The molecule has 0 aromatic heterocycles. The second-order valence-electron chi connectivity index (χ2n) is 5.98. The lowest BCUT2D eigenvalue weighted by atomic mass is 10.1. The van der Waals surface area contributed by atoms with E-state index in [1.807, 2.05) is 53.6 Å². The Bertz CT molecular complexity index is 1030. The SMILES string of the molecule is O=C(/C=C/c1ccc(Cl)cc1)N=C1N=C2N=CC=CN2Cc2ccccc21. The number of amidine groups is 1. The van der Waals surface area contributed by atoms with Gasteiger partial charge in [0.15, 0.2) is 5.84 Å². The van der Waals surface area contributed by atoms with Gasteiger partial charge in [0.05, 0.1) is 6.54 Å². The van der Waals surface area contributed by atoms with Crippen LogP contribution < -0.4 is 0 Å². The molecular weight excluding hydrogens is 360 g/mol. The fourth-order valence-corrected chi connectivity index (χ4v) is 2.92. The molecule has 0 bridgehead atoms. The van der Waals surface area contributed by atoms with Gasteiger partial charge in [-0.2, -0.15) is 9.98 Å². The Kier molecular flexibility index (Phi) is 4.77. The first-order valence-corrected chi connectivity index (χ1v) is 8.77. The van der Waals surface area contributed by atoms with Crippen molar-refractivity contribution in [2.24, 2.45) is 15.0 Å². The molecule has 0 aliphatic carbocycles. The lowest BCUT2D eigenvalue weighted by molar-refractivity contribution is -0.113. The molecule has 2 aromatic carbocycles. The van der Waals surface area contributed by atoms with E-state index in [1.54, 1.807) is 24.4 Å². The number of allylic oxidation sites excluding steroid dienone is 1. The molecule has 0 radical (unpaired) electrons. The number of fused-ring (bicyclic) bond motifs is 2. The highest BCUT2D eigenvalue weighted by Gasteiger charge is 2.21. The highest BCUT2D eigenvalue weighted by atomic mass is 35.5. The van der Waals surface area contributed by atoms with E-state index in [1.165, 1.54) is 6.08 Å². The monoisotopic (exact) mass is 374 g/mol. The maximum absolute atomic E-state index is 12.4. The van der Waals surface area contributed by atoms with E-state index in [2.05, 4.69) is 15.0 Å². The molecule has 2 aliphatic heterocycles. The number of guanidine groups is 1. The smallest absolute Gasteiger partial charge is 0.271 e. The highest BCUT2D eigenvalue weighted by Crippen LogP contribution is 2.20. The Balaban J connectivity index is 1.67. The third kappa shape index (κ3) is 3.93. The summed E-state index contributed by atoms with van der Waals surface area (Å²) in [4.78, 5) is 27.3. The Morgan fingerprint density at radius 1 is 1.15 bits per heavy atom. The van der Waals surface area contributed by atoms with Gasteiger partial charge in [-0.15, -0.1) is 0 Å². The largest absolute Gasteiger partial charge is 0.313 e. The molecule has 1 amide bonds. The van der Waals surface area contributed by atoms with Gasteiger partial charge in [0, 0.05) is 29.1 Å². The molecule has 0 saturated carbocycles. The maximum Gasteiger partial charge on any atom is 0.271 e. The van der Waals surface area contributed by atoms with Crippen LogP contribution in [0.15, 0.2) is 81.9 Å². The van der Waals surface area contributed by atoms with Crippen molar-refractivity contribution < 1.29 is 4.79 Å². The summed E-state index contributed by atoms with van der Waals surface area (Å²) in [5, 5.41) is 0.649. The number of aliphatic imine (C=N–C) groups is 3. The number of nitrogens with zero attached hydrogens (tertiary/aromatic N) is 4. The van der Waals surface area contributed by atoms with Crippen LogP contribution in [-0.4, -0.2) is 28.8 Å². The number of carbonyl (C=O) groups is 1. The first-order valence-electron chi connectivity index (χ1n) is 8.40. The third-order valence-electron chi connectivity index (χ3n) is 4.11. The number of benzene rings is 2. The van der Waals surface area contributed by atoms with Crippen LogP contribution in [0.5, 0.6) is 0 Å². The summed E-state index contributed by atoms with van der Waals surface area (Å²) in [6.07, 6.45) is 8.56. The van der Waals surface area contributed by atoms with E-state index >= 15 is 0 Å². The molecule has 132 valence electrons. The number of amides is 1. The predicted octanol–water partition coefficient (Wildman–Crippen LogP) is 4.10. The van der Waals surface area contributed by atoms with E-state index in [4.69, 9.17) is 11.6 Å². The topological polar surface area (TPSA) is 57.4 Å². The summed E-state index contributed by atoms with van der Waals surface area (Å²) in [5.74, 6) is 0.492. The zero-order valence-electron chi connectivity index (χ0n) is 14.3. The molecule has 0 N–H and O–H groups in total. The molecule has 6 heteroatoms. The summed E-state index contributed by atoms with van der Waals surface area (Å²) >= 11 is 5.87.